The van der Waals surface area contributed by atoms with Crippen molar-refractivity contribution in [3.63, 3.8) is 0 Å². The summed E-state index contributed by atoms with van der Waals surface area (Å²) < 4.78 is 0. The summed E-state index contributed by atoms with van der Waals surface area (Å²) in [6.07, 6.45) is 3.96. The van der Waals surface area contributed by atoms with Crippen LogP contribution in [0.4, 0.5) is 4.70 Å². The Morgan fingerprint density at radius 3 is 1.83 bits per heavy atom. The lowest BCUT2D eigenvalue weighted by Gasteiger charge is -1.93. The maximum atomic E-state index is 8.00. The molecule has 12 heavy (non-hydrogen) atoms. The van der Waals surface area contributed by atoms with E-state index in [1.807, 2.05) is 6.79 Å². The molecule has 0 unspecified atom stereocenters. The lowest BCUT2D eigenvalue weighted by molar-refractivity contribution is -0.0979. The molecule has 0 spiro atoms. The predicted molar refractivity (Wildman–Crippen MR) is 48.1 cm³/mol. The molecule has 1 aliphatic carbocycles. The van der Waals surface area contributed by atoms with Crippen molar-refractivity contribution in [2.45, 2.75) is 19.3 Å². The summed E-state index contributed by atoms with van der Waals surface area (Å²) in [6, 6.07) is 8.74. The van der Waals surface area contributed by atoms with Crippen LogP contribution in [0.5, 0.6) is 0 Å². The summed E-state index contributed by atoms with van der Waals surface area (Å²) >= 11 is 0. The third-order valence-corrected chi connectivity index (χ3v) is 2.01. The summed E-state index contributed by atoms with van der Waals surface area (Å²) in [5, 5.41) is 0. The van der Waals surface area contributed by atoms with E-state index >= 15 is 0 Å². The van der Waals surface area contributed by atoms with Gasteiger partial charge in [0.2, 0.25) is 0 Å². The summed E-state index contributed by atoms with van der Waals surface area (Å²) in [6.45, 7) is 2.00. The van der Waals surface area contributed by atoms with Crippen LogP contribution in [0.2, 0.25) is 0 Å². The molecule has 0 N–H and O–H groups in total. The van der Waals surface area contributed by atoms with Crippen LogP contribution in [0.15, 0.2) is 24.3 Å². The minimum atomic E-state index is 0. The van der Waals surface area contributed by atoms with Crippen molar-refractivity contribution < 1.29 is 9.50 Å². The predicted octanol–water partition coefficient (Wildman–Crippen LogP) is 2.14. The summed E-state index contributed by atoms with van der Waals surface area (Å²) in [5.74, 6) is 0. The van der Waals surface area contributed by atoms with Gasteiger partial charge in [0.1, 0.15) is 6.79 Å². The molecule has 0 amide bonds. The van der Waals surface area contributed by atoms with E-state index in [-0.39, 0.29) is 4.70 Å². The maximum Gasteiger partial charge on any atom is 0.106 e. The smallest absolute Gasteiger partial charge is 0.106 e. The highest BCUT2D eigenvalue weighted by Crippen LogP contribution is 2.20. The quantitative estimate of drug-likeness (QED) is 0.580. The second kappa shape index (κ2) is 5.47. The normalized spacial score (nSPS) is 12.0. The maximum absolute atomic E-state index is 8.00. The number of halogens is 1. The number of hydrogen-bond donors (Lipinski definition) is 0. The minimum absolute atomic E-state index is 0. The Kier molecular flexibility index (Phi) is 4.93. The van der Waals surface area contributed by atoms with Gasteiger partial charge >= 0.3 is 0 Å². The van der Waals surface area contributed by atoms with Crippen LogP contribution in [-0.4, -0.2) is 6.79 Å². The molecule has 0 saturated heterocycles. The molecule has 0 fully saturated rings. The van der Waals surface area contributed by atoms with Gasteiger partial charge in [0.05, 0.1) is 0 Å². The van der Waals surface area contributed by atoms with Crippen molar-refractivity contribution in [3.05, 3.63) is 35.4 Å². The van der Waals surface area contributed by atoms with Crippen LogP contribution in [0, 0.1) is 0 Å². The average molecular weight is 168 g/mol. The first-order valence-electron chi connectivity index (χ1n) is 3.82. The van der Waals surface area contributed by atoms with E-state index in [0.717, 1.165) is 0 Å². The van der Waals surface area contributed by atoms with Crippen LogP contribution in [0.3, 0.4) is 0 Å². The van der Waals surface area contributed by atoms with E-state index in [2.05, 4.69) is 24.3 Å². The number of rotatable bonds is 0. The van der Waals surface area contributed by atoms with Gasteiger partial charge in [-0.3, -0.25) is 4.70 Å². The van der Waals surface area contributed by atoms with Crippen molar-refractivity contribution in [2.24, 2.45) is 0 Å². The molecule has 0 saturated carbocycles. The van der Waals surface area contributed by atoms with Crippen molar-refractivity contribution in [1.82, 2.24) is 0 Å². The highest BCUT2D eigenvalue weighted by molar-refractivity contribution is 5.30. The van der Waals surface area contributed by atoms with Crippen LogP contribution in [-0.2, 0) is 17.6 Å². The van der Waals surface area contributed by atoms with Gasteiger partial charge in [-0.1, -0.05) is 24.3 Å². The fourth-order valence-corrected chi connectivity index (χ4v) is 1.51. The van der Waals surface area contributed by atoms with Crippen molar-refractivity contribution in [2.75, 3.05) is 0 Å². The molecule has 0 aliphatic heterocycles. The van der Waals surface area contributed by atoms with Crippen LogP contribution < -0.4 is 0 Å². The molecule has 2 heteroatoms. The van der Waals surface area contributed by atoms with E-state index in [1.54, 1.807) is 11.1 Å². The lowest BCUT2D eigenvalue weighted by atomic mass is 10.1. The number of carbonyl (C=O) groups excluding carboxylic acids is 1. The zero-order valence-electron chi connectivity index (χ0n) is 6.95. The van der Waals surface area contributed by atoms with Gasteiger partial charge in [-0.05, 0) is 30.4 Å². The highest BCUT2D eigenvalue weighted by Gasteiger charge is 2.07. The number of aryl methyl sites for hydroxylation is 2. The highest BCUT2D eigenvalue weighted by atomic mass is 19.0. The molecule has 1 nitrogen and oxygen atoms in total. The Hall–Kier alpha value is -1.18. The molecule has 1 aliphatic rings. The molecule has 2 rings (SSSR count). The van der Waals surface area contributed by atoms with E-state index in [4.69, 9.17) is 4.79 Å². The number of fused-ring (bicyclic) bond motifs is 1. The van der Waals surface area contributed by atoms with Gasteiger partial charge in [0.15, 0.2) is 0 Å². The molecule has 66 valence electrons. The SMILES string of the molecule is C=O.F.c1ccc2c(c1)CCC2. The third-order valence-electron chi connectivity index (χ3n) is 2.01. The lowest BCUT2D eigenvalue weighted by Crippen LogP contribution is -1.77. The molecule has 0 aromatic heterocycles. The first kappa shape index (κ1) is 10.8. The van der Waals surface area contributed by atoms with Crippen molar-refractivity contribution >= 4 is 6.79 Å². The summed E-state index contributed by atoms with van der Waals surface area (Å²) in [4.78, 5) is 8.00. The Labute approximate surface area is 71.8 Å². The van der Waals surface area contributed by atoms with Gasteiger partial charge < -0.3 is 4.79 Å². The molecular weight excluding hydrogens is 155 g/mol. The van der Waals surface area contributed by atoms with Crippen molar-refractivity contribution in [1.29, 1.82) is 0 Å². The standard InChI is InChI=1S/C9H10.CH2O.FH/c1-2-5-9-7-3-6-8(9)4-1;1-2;/h1-2,4-5H,3,6-7H2;1H2;1H. The Morgan fingerprint density at radius 1 is 1.00 bits per heavy atom. The van der Waals surface area contributed by atoms with E-state index in [1.165, 1.54) is 19.3 Å². The molecule has 1 aromatic carbocycles. The average Bonchev–Trinajstić information content (AvgIpc) is 2.55. The Bertz CT molecular complexity index is 212. The van der Waals surface area contributed by atoms with Gasteiger partial charge in [-0.25, -0.2) is 0 Å². The molecule has 0 radical (unpaired) electrons. The first-order chi connectivity index (χ1) is 5.47. The van der Waals surface area contributed by atoms with E-state index in [9.17, 15) is 0 Å². The first-order valence-corrected chi connectivity index (χ1v) is 3.82. The molecule has 0 bridgehead atoms. The summed E-state index contributed by atoms with van der Waals surface area (Å²) in [7, 11) is 0. The minimum Gasteiger partial charge on any atom is -0.307 e. The van der Waals surface area contributed by atoms with Crippen LogP contribution >= 0.6 is 0 Å². The fourth-order valence-electron chi connectivity index (χ4n) is 1.51. The largest absolute Gasteiger partial charge is 0.307 e. The van der Waals surface area contributed by atoms with E-state index in [0.29, 0.717) is 0 Å². The van der Waals surface area contributed by atoms with Gasteiger partial charge in [-0.2, -0.15) is 0 Å². The molecule has 0 atom stereocenters. The number of carbonyl (C=O) groups is 1. The van der Waals surface area contributed by atoms with Crippen LogP contribution in [0.25, 0.3) is 0 Å². The van der Waals surface area contributed by atoms with E-state index < -0.39 is 0 Å². The molecule has 1 aromatic rings. The Morgan fingerprint density at radius 2 is 1.42 bits per heavy atom. The zero-order valence-corrected chi connectivity index (χ0v) is 6.95. The third kappa shape index (κ3) is 2.16. The molecular formula is C10H13FO. The topological polar surface area (TPSA) is 17.1 Å². The number of hydrogen-bond acceptors (Lipinski definition) is 1. The van der Waals surface area contributed by atoms with Gasteiger partial charge in [0.25, 0.3) is 0 Å². The molecule has 0 heterocycles. The fraction of sp³-hybridized carbons (Fsp3) is 0.300. The zero-order chi connectivity index (χ0) is 8.10. The van der Waals surface area contributed by atoms with Crippen molar-refractivity contribution in [3.8, 4) is 0 Å². The van der Waals surface area contributed by atoms with Crippen LogP contribution in [0.1, 0.15) is 17.5 Å². The second-order valence-electron chi connectivity index (χ2n) is 2.62. The monoisotopic (exact) mass is 168 g/mol. The van der Waals surface area contributed by atoms with Gasteiger partial charge in [-0.15, -0.1) is 0 Å². The number of benzene rings is 1. The second-order valence-corrected chi connectivity index (χ2v) is 2.62. The summed E-state index contributed by atoms with van der Waals surface area (Å²) in [5.41, 5.74) is 3.13. The van der Waals surface area contributed by atoms with Gasteiger partial charge in [0, 0.05) is 0 Å². The Balaban J connectivity index is 0.000000378.